The average Bonchev–Trinajstić information content (AvgIpc) is 3.18. The van der Waals surface area contributed by atoms with Gasteiger partial charge < -0.3 is 4.74 Å². The summed E-state index contributed by atoms with van der Waals surface area (Å²) >= 11 is 5.84. The molecular weight excluding hydrogens is 420 g/mol. The van der Waals surface area contributed by atoms with Crippen molar-refractivity contribution in [3.8, 4) is 10.9 Å². The highest BCUT2D eigenvalue weighted by Gasteiger charge is 2.16. The Labute approximate surface area is 150 Å². The number of hydrogen-bond donors (Lipinski definition) is 1. The minimum Gasteiger partial charge on any atom is -0.431 e. The summed E-state index contributed by atoms with van der Waals surface area (Å²) in [5, 5.41) is 2.41. The Morgan fingerprint density at radius 3 is 2.57 bits per heavy atom. The first-order chi connectivity index (χ1) is 11.0. The lowest BCUT2D eigenvalue weighted by molar-refractivity contribution is 0.478. The number of halogens is 1. The molecule has 0 fully saturated rings. The molecule has 0 aliphatic carbocycles. The van der Waals surface area contributed by atoms with Crippen LogP contribution in [0.4, 0.5) is 0 Å². The Kier molecular flexibility index (Phi) is 5.12. The van der Waals surface area contributed by atoms with Crippen molar-refractivity contribution in [1.29, 1.82) is 0 Å². The molecule has 1 aromatic carbocycles. The van der Waals surface area contributed by atoms with Gasteiger partial charge in [-0.25, -0.2) is 18.1 Å². The van der Waals surface area contributed by atoms with Crippen LogP contribution in [0.3, 0.4) is 0 Å². The highest BCUT2D eigenvalue weighted by Crippen LogP contribution is 2.26. The van der Waals surface area contributed by atoms with Crippen molar-refractivity contribution < 1.29 is 13.2 Å². The molecule has 3 rings (SSSR count). The molecule has 0 aliphatic heterocycles. The molecule has 2 aromatic heterocycles. The van der Waals surface area contributed by atoms with Crippen molar-refractivity contribution >= 4 is 48.6 Å². The Balaban J connectivity index is 1.62. The maximum absolute atomic E-state index is 12.1. The first kappa shape index (κ1) is 16.6. The number of thiophene rings is 1. The maximum Gasteiger partial charge on any atom is 0.278 e. The molecule has 0 saturated heterocycles. The van der Waals surface area contributed by atoms with Gasteiger partial charge in [0.2, 0.25) is 10.0 Å². The first-order valence-corrected chi connectivity index (χ1v) is 10.4. The number of nitrogens with one attached hydrogen (secondary N) is 1. The molecule has 23 heavy (non-hydrogen) atoms. The van der Waals surface area contributed by atoms with Gasteiger partial charge in [0.1, 0.15) is 9.96 Å². The number of aromatic nitrogens is 1. The van der Waals surface area contributed by atoms with Crippen LogP contribution in [0, 0.1) is 0 Å². The highest BCUT2D eigenvalue weighted by atomic mass is 79.9. The predicted molar refractivity (Wildman–Crippen MR) is 94.7 cm³/mol. The third-order valence-electron chi connectivity index (χ3n) is 2.82. The molecule has 2 heterocycles. The van der Waals surface area contributed by atoms with E-state index in [0.29, 0.717) is 10.9 Å². The second-order valence-electron chi connectivity index (χ2n) is 4.43. The van der Waals surface area contributed by atoms with Gasteiger partial charge in [-0.15, -0.1) is 11.3 Å². The van der Waals surface area contributed by atoms with Gasteiger partial charge in [0.05, 0.1) is 3.79 Å². The molecule has 0 radical (unpaired) electrons. The molecular formula is C14H11BrN2O3S3. The zero-order chi connectivity index (χ0) is 16.3. The minimum absolute atomic E-state index is 0.218. The Hall–Kier alpha value is -1.26. The van der Waals surface area contributed by atoms with Crippen LogP contribution in [0.25, 0.3) is 0 Å². The van der Waals surface area contributed by atoms with Gasteiger partial charge >= 0.3 is 0 Å². The van der Waals surface area contributed by atoms with Gasteiger partial charge in [0.15, 0.2) is 0 Å². The average molecular weight is 431 g/mol. The van der Waals surface area contributed by atoms with Gasteiger partial charge in [0, 0.05) is 18.1 Å². The first-order valence-electron chi connectivity index (χ1n) is 6.44. The largest absolute Gasteiger partial charge is 0.431 e. The van der Waals surface area contributed by atoms with Crippen LogP contribution in [0.1, 0.15) is 5.56 Å². The van der Waals surface area contributed by atoms with E-state index in [1.807, 2.05) is 17.5 Å². The smallest absolute Gasteiger partial charge is 0.278 e. The van der Waals surface area contributed by atoms with E-state index in [-0.39, 0.29) is 10.8 Å². The zero-order valence-corrected chi connectivity index (χ0v) is 15.6. The Bertz CT molecular complexity index is 874. The summed E-state index contributed by atoms with van der Waals surface area (Å²) in [4.78, 5) is 4.04. The second kappa shape index (κ2) is 7.10. The predicted octanol–water partition coefficient (Wildman–Crippen LogP) is 4.24. The third kappa shape index (κ3) is 4.39. The standard InChI is InChI=1S/C14H11BrN2O3S3/c15-12-5-6-13(22-12)23(18,19)17-9-10-1-3-11(4-2-10)20-14-16-7-8-21-14/h1-8,17H,9H2. The fraction of sp³-hybridized carbons (Fsp3) is 0.0714. The van der Waals surface area contributed by atoms with Crippen molar-refractivity contribution in [2.75, 3.05) is 0 Å². The van der Waals surface area contributed by atoms with Crippen molar-refractivity contribution in [2.45, 2.75) is 10.8 Å². The molecule has 0 atom stereocenters. The molecule has 0 saturated carbocycles. The van der Waals surface area contributed by atoms with Crippen molar-refractivity contribution in [2.24, 2.45) is 0 Å². The molecule has 9 heteroatoms. The lowest BCUT2D eigenvalue weighted by Gasteiger charge is -2.06. The molecule has 1 N–H and O–H groups in total. The Morgan fingerprint density at radius 2 is 1.96 bits per heavy atom. The van der Waals surface area contributed by atoms with Crippen LogP contribution in [0.5, 0.6) is 10.9 Å². The molecule has 5 nitrogen and oxygen atoms in total. The molecule has 0 unspecified atom stereocenters. The zero-order valence-electron chi connectivity index (χ0n) is 11.6. The summed E-state index contributed by atoms with van der Waals surface area (Å²) in [6, 6.07) is 10.5. The van der Waals surface area contributed by atoms with Gasteiger partial charge in [0.25, 0.3) is 5.19 Å². The molecule has 0 bridgehead atoms. The van der Waals surface area contributed by atoms with Gasteiger partial charge in [-0.05, 0) is 45.8 Å². The fourth-order valence-corrected chi connectivity index (χ4v) is 5.30. The number of hydrogen-bond acceptors (Lipinski definition) is 6. The van der Waals surface area contributed by atoms with Crippen LogP contribution < -0.4 is 9.46 Å². The lowest BCUT2D eigenvalue weighted by Crippen LogP contribution is -2.22. The lowest BCUT2D eigenvalue weighted by atomic mass is 10.2. The number of sulfonamides is 1. The molecule has 0 amide bonds. The van der Waals surface area contributed by atoms with Crippen molar-refractivity contribution in [1.82, 2.24) is 9.71 Å². The monoisotopic (exact) mass is 430 g/mol. The van der Waals surface area contributed by atoms with E-state index in [1.54, 1.807) is 30.5 Å². The summed E-state index contributed by atoms with van der Waals surface area (Å²) < 4.78 is 33.5. The van der Waals surface area contributed by atoms with E-state index in [1.165, 1.54) is 22.7 Å². The minimum atomic E-state index is -3.49. The van der Waals surface area contributed by atoms with Crippen LogP contribution in [-0.4, -0.2) is 13.4 Å². The summed E-state index contributed by atoms with van der Waals surface area (Å²) in [5.74, 6) is 0.661. The molecule has 120 valence electrons. The van der Waals surface area contributed by atoms with E-state index in [4.69, 9.17) is 4.74 Å². The summed E-state index contributed by atoms with van der Waals surface area (Å²) in [6.45, 7) is 0.218. The van der Waals surface area contributed by atoms with Gasteiger partial charge in [-0.1, -0.05) is 23.5 Å². The number of ether oxygens (including phenoxy) is 1. The van der Waals surface area contributed by atoms with Crippen LogP contribution in [0.15, 0.2) is 56.0 Å². The third-order valence-corrected chi connectivity index (χ3v) is 6.98. The molecule has 0 aliphatic rings. The van der Waals surface area contributed by atoms with E-state index in [0.717, 1.165) is 9.35 Å². The van der Waals surface area contributed by atoms with E-state index < -0.39 is 10.0 Å². The number of nitrogens with zero attached hydrogens (tertiary/aromatic N) is 1. The van der Waals surface area contributed by atoms with Crippen LogP contribution in [0.2, 0.25) is 0 Å². The van der Waals surface area contributed by atoms with Gasteiger partial charge in [-0.3, -0.25) is 0 Å². The summed E-state index contributed by atoms with van der Waals surface area (Å²) in [6.07, 6.45) is 1.67. The summed E-state index contributed by atoms with van der Waals surface area (Å²) in [7, 11) is -3.49. The molecule has 0 spiro atoms. The number of thiazole rings is 1. The van der Waals surface area contributed by atoms with Crippen molar-refractivity contribution in [3.05, 3.63) is 57.3 Å². The van der Waals surface area contributed by atoms with Crippen LogP contribution in [-0.2, 0) is 16.6 Å². The normalized spacial score (nSPS) is 11.5. The molecule has 3 aromatic rings. The van der Waals surface area contributed by atoms with Gasteiger partial charge in [-0.2, -0.15) is 0 Å². The number of rotatable bonds is 6. The number of benzene rings is 1. The highest BCUT2D eigenvalue weighted by molar-refractivity contribution is 9.11. The van der Waals surface area contributed by atoms with E-state index in [2.05, 4.69) is 25.6 Å². The fourth-order valence-electron chi connectivity index (χ4n) is 1.73. The van der Waals surface area contributed by atoms with Crippen LogP contribution >= 0.6 is 38.6 Å². The quantitative estimate of drug-likeness (QED) is 0.634. The second-order valence-corrected chi connectivity index (χ2v) is 9.74. The summed E-state index contributed by atoms with van der Waals surface area (Å²) in [5.41, 5.74) is 0.843. The van der Waals surface area contributed by atoms with Crippen molar-refractivity contribution in [3.63, 3.8) is 0 Å². The van der Waals surface area contributed by atoms with E-state index >= 15 is 0 Å². The SMILES string of the molecule is O=S(=O)(NCc1ccc(Oc2nccs2)cc1)c1ccc(Br)s1. The van der Waals surface area contributed by atoms with E-state index in [9.17, 15) is 8.42 Å². The Morgan fingerprint density at radius 1 is 1.17 bits per heavy atom. The topological polar surface area (TPSA) is 68.3 Å². The maximum atomic E-state index is 12.1.